The molecule has 2 aromatic rings. The summed E-state index contributed by atoms with van der Waals surface area (Å²) in [7, 11) is 0. The number of carbonyl (C=O) groups excluding carboxylic acids is 2. The van der Waals surface area contributed by atoms with E-state index in [9.17, 15) is 14.0 Å². The van der Waals surface area contributed by atoms with E-state index in [0.717, 1.165) is 0 Å². The van der Waals surface area contributed by atoms with Crippen LogP contribution in [0.1, 0.15) is 5.56 Å². The van der Waals surface area contributed by atoms with Crippen LogP contribution in [-0.4, -0.2) is 25.0 Å². The Labute approximate surface area is 143 Å². The lowest BCUT2D eigenvalue weighted by atomic mass is 10.2. The fourth-order valence-corrected chi connectivity index (χ4v) is 2.53. The fourth-order valence-electron chi connectivity index (χ4n) is 2.36. The van der Waals surface area contributed by atoms with Crippen molar-refractivity contribution in [2.45, 2.75) is 6.92 Å². The highest BCUT2D eigenvalue weighted by atomic mass is 35.5. The summed E-state index contributed by atoms with van der Waals surface area (Å²) in [6, 6.07) is 9.25. The van der Waals surface area contributed by atoms with E-state index in [-0.39, 0.29) is 19.1 Å². The van der Waals surface area contributed by atoms with Crippen LogP contribution in [0.4, 0.5) is 15.8 Å². The van der Waals surface area contributed by atoms with Gasteiger partial charge in [-0.15, -0.1) is 0 Å². The number of amides is 2. The summed E-state index contributed by atoms with van der Waals surface area (Å²) in [5.74, 6) is -0.727. The van der Waals surface area contributed by atoms with Gasteiger partial charge in [0, 0.05) is 10.7 Å². The van der Waals surface area contributed by atoms with Gasteiger partial charge in [0.1, 0.15) is 18.1 Å². The molecule has 0 saturated heterocycles. The SMILES string of the molecule is Cc1ccc(NC(=O)CN2C(=O)COc3ccc(Cl)cc32)cc1F. The number of rotatable bonds is 3. The van der Waals surface area contributed by atoms with Crippen molar-refractivity contribution in [2.24, 2.45) is 0 Å². The van der Waals surface area contributed by atoms with Crippen LogP contribution < -0.4 is 15.0 Å². The van der Waals surface area contributed by atoms with E-state index in [4.69, 9.17) is 16.3 Å². The van der Waals surface area contributed by atoms with Crippen molar-refractivity contribution in [2.75, 3.05) is 23.4 Å². The molecular weight excluding hydrogens is 335 g/mol. The molecule has 0 fully saturated rings. The van der Waals surface area contributed by atoms with E-state index in [2.05, 4.69) is 5.32 Å². The van der Waals surface area contributed by atoms with Crippen LogP contribution >= 0.6 is 11.6 Å². The van der Waals surface area contributed by atoms with Gasteiger partial charge in [0.15, 0.2) is 6.61 Å². The summed E-state index contributed by atoms with van der Waals surface area (Å²) in [5, 5.41) is 3.01. The number of anilines is 2. The van der Waals surface area contributed by atoms with Crippen molar-refractivity contribution < 1.29 is 18.7 Å². The summed E-state index contributed by atoms with van der Waals surface area (Å²) in [5.41, 5.74) is 1.25. The monoisotopic (exact) mass is 348 g/mol. The van der Waals surface area contributed by atoms with Gasteiger partial charge in [-0.25, -0.2) is 4.39 Å². The van der Waals surface area contributed by atoms with Crippen LogP contribution in [0, 0.1) is 12.7 Å². The van der Waals surface area contributed by atoms with E-state index in [1.54, 1.807) is 37.3 Å². The quantitative estimate of drug-likeness (QED) is 0.927. The van der Waals surface area contributed by atoms with Gasteiger partial charge in [0.25, 0.3) is 5.91 Å². The second kappa shape index (κ2) is 6.49. The molecule has 7 heteroatoms. The van der Waals surface area contributed by atoms with E-state index < -0.39 is 11.7 Å². The molecular formula is C17H14ClFN2O3. The number of fused-ring (bicyclic) bond motifs is 1. The average molecular weight is 349 g/mol. The minimum Gasteiger partial charge on any atom is -0.482 e. The number of halogens is 2. The first kappa shape index (κ1) is 16.3. The van der Waals surface area contributed by atoms with Gasteiger partial charge in [-0.3, -0.25) is 14.5 Å². The van der Waals surface area contributed by atoms with Crippen molar-refractivity contribution in [3.63, 3.8) is 0 Å². The topological polar surface area (TPSA) is 58.6 Å². The highest BCUT2D eigenvalue weighted by Gasteiger charge is 2.27. The molecule has 1 aliphatic rings. The molecule has 0 radical (unpaired) electrons. The molecule has 0 unspecified atom stereocenters. The Morgan fingerprint density at radius 1 is 1.33 bits per heavy atom. The van der Waals surface area contributed by atoms with Gasteiger partial charge in [-0.05, 0) is 42.8 Å². The molecule has 1 N–H and O–H groups in total. The minimum absolute atomic E-state index is 0.152. The van der Waals surface area contributed by atoms with E-state index in [1.165, 1.54) is 11.0 Å². The van der Waals surface area contributed by atoms with Crippen LogP contribution in [0.25, 0.3) is 0 Å². The van der Waals surface area contributed by atoms with Crippen LogP contribution in [0.15, 0.2) is 36.4 Å². The Morgan fingerprint density at radius 3 is 2.88 bits per heavy atom. The predicted molar refractivity (Wildman–Crippen MR) is 89.1 cm³/mol. The molecule has 5 nitrogen and oxygen atoms in total. The Morgan fingerprint density at radius 2 is 2.12 bits per heavy atom. The molecule has 24 heavy (non-hydrogen) atoms. The Balaban J connectivity index is 1.77. The molecule has 124 valence electrons. The number of ether oxygens (including phenoxy) is 1. The molecule has 0 atom stereocenters. The first-order valence-corrected chi connectivity index (χ1v) is 7.60. The molecule has 0 saturated carbocycles. The smallest absolute Gasteiger partial charge is 0.265 e. The molecule has 2 aromatic carbocycles. The summed E-state index contributed by atoms with van der Waals surface area (Å²) in [4.78, 5) is 25.6. The number of hydrogen-bond acceptors (Lipinski definition) is 3. The van der Waals surface area contributed by atoms with Gasteiger partial charge in [-0.1, -0.05) is 17.7 Å². The molecule has 0 bridgehead atoms. The standard InChI is InChI=1S/C17H14ClFN2O3/c1-10-2-4-12(7-13(10)19)20-16(22)8-21-14-6-11(18)3-5-15(14)24-9-17(21)23/h2-7H,8-9H2,1H3,(H,20,22). The summed E-state index contributed by atoms with van der Waals surface area (Å²) in [6.07, 6.45) is 0. The van der Waals surface area contributed by atoms with Gasteiger partial charge in [0.2, 0.25) is 5.91 Å². The van der Waals surface area contributed by atoms with E-state index in [1.807, 2.05) is 0 Å². The molecule has 1 aliphatic heterocycles. The third-order valence-corrected chi connectivity index (χ3v) is 3.86. The zero-order valence-electron chi connectivity index (χ0n) is 12.8. The molecule has 0 aromatic heterocycles. The van der Waals surface area contributed by atoms with Crippen LogP contribution in [0.3, 0.4) is 0 Å². The molecule has 3 rings (SSSR count). The lowest BCUT2D eigenvalue weighted by Gasteiger charge is -2.29. The highest BCUT2D eigenvalue weighted by molar-refractivity contribution is 6.31. The van der Waals surface area contributed by atoms with Crippen molar-refractivity contribution in [3.8, 4) is 5.75 Å². The zero-order valence-corrected chi connectivity index (χ0v) is 13.6. The maximum atomic E-state index is 13.5. The highest BCUT2D eigenvalue weighted by Crippen LogP contribution is 2.34. The van der Waals surface area contributed by atoms with Gasteiger partial charge in [0.05, 0.1) is 5.69 Å². The third-order valence-electron chi connectivity index (χ3n) is 3.62. The Hall–Kier alpha value is -2.60. The maximum Gasteiger partial charge on any atom is 0.265 e. The largest absolute Gasteiger partial charge is 0.482 e. The van der Waals surface area contributed by atoms with Crippen LogP contribution in [0.2, 0.25) is 5.02 Å². The van der Waals surface area contributed by atoms with Crippen molar-refractivity contribution in [3.05, 3.63) is 52.8 Å². The summed E-state index contributed by atoms with van der Waals surface area (Å²) < 4.78 is 18.9. The lowest BCUT2D eigenvalue weighted by molar-refractivity contribution is -0.123. The van der Waals surface area contributed by atoms with Gasteiger partial charge in [-0.2, -0.15) is 0 Å². The Bertz CT molecular complexity index is 825. The maximum absolute atomic E-state index is 13.5. The zero-order chi connectivity index (χ0) is 17.3. The second-order valence-electron chi connectivity index (χ2n) is 5.39. The number of nitrogens with one attached hydrogen (secondary N) is 1. The van der Waals surface area contributed by atoms with E-state index in [0.29, 0.717) is 27.7 Å². The molecule has 0 aliphatic carbocycles. The lowest BCUT2D eigenvalue weighted by Crippen LogP contribution is -2.43. The van der Waals surface area contributed by atoms with Gasteiger partial charge < -0.3 is 10.1 Å². The predicted octanol–water partition coefficient (Wildman–Crippen LogP) is 3.15. The molecule has 0 spiro atoms. The number of aryl methyl sites for hydroxylation is 1. The number of hydrogen-bond donors (Lipinski definition) is 1. The number of nitrogens with zero attached hydrogens (tertiary/aromatic N) is 1. The first-order valence-electron chi connectivity index (χ1n) is 7.23. The number of benzene rings is 2. The normalized spacial score (nSPS) is 13.3. The third kappa shape index (κ3) is 3.33. The number of carbonyl (C=O) groups is 2. The van der Waals surface area contributed by atoms with Crippen molar-refractivity contribution in [1.82, 2.24) is 0 Å². The fraction of sp³-hybridized carbons (Fsp3) is 0.176. The van der Waals surface area contributed by atoms with Crippen LogP contribution in [-0.2, 0) is 9.59 Å². The summed E-state index contributed by atoms with van der Waals surface area (Å²) >= 11 is 5.95. The van der Waals surface area contributed by atoms with Crippen molar-refractivity contribution in [1.29, 1.82) is 0 Å². The second-order valence-corrected chi connectivity index (χ2v) is 5.83. The molecule has 2 amide bonds. The van der Waals surface area contributed by atoms with Crippen LogP contribution in [0.5, 0.6) is 5.75 Å². The van der Waals surface area contributed by atoms with Crippen molar-refractivity contribution >= 4 is 34.8 Å². The minimum atomic E-state index is -0.445. The summed E-state index contributed by atoms with van der Waals surface area (Å²) in [6.45, 7) is 1.26. The molecule has 1 heterocycles. The van der Waals surface area contributed by atoms with E-state index >= 15 is 0 Å². The average Bonchev–Trinajstić information content (AvgIpc) is 2.54. The Kier molecular flexibility index (Phi) is 4.40. The first-order chi connectivity index (χ1) is 11.4. The van der Waals surface area contributed by atoms with Gasteiger partial charge >= 0.3 is 0 Å².